The van der Waals surface area contributed by atoms with E-state index >= 15 is 0 Å². The van der Waals surface area contributed by atoms with Crippen LogP contribution in [0.1, 0.15) is 0 Å². The molecular weight excluding hydrogens is 157 g/mol. The molecule has 0 rings (SSSR count). The predicted molar refractivity (Wildman–Crippen MR) is 21.5 cm³/mol. The molecule has 1 unspecified atom stereocenters. The van der Waals surface area contributed by atoms with Gasteiger partial charge in [-0.2, -0.15) is 18.4 Å². The lowest BCUT2D eigenvalue weighted by Gasteiger charge is -2.15. The lowest BCUT2D eigenvalue weighted by molar-refractivity contribution is -0.212. The highest BCUT2D eigenvalue weighted by Gasteiger charge is 2.57. The Bertz CT molecular complexity index is 156. The van der Waals surface area contributed by atoms with Crippen LogP contribution in [0.25, 0.3) is 0 Å². The molecule has 58 valence electrons. The molecule has 6 heteroatoms. The number of hydrogen-bond donors (Lipinski definition) is 0. The van der Waals surface area contributed by atoms with Crippen molar-refractivity contribution in [3.63, 3.8) is 0 Å². The molecule has 0 heterocycles. The van der Waals surface area contributed by atoms with E-state index in [1.54, 1.807) is 0 Å². The van der Waals surface area contributed by atoms with Crippen LogP contribution >= 0.6 is 0 Å². The summed E-state index contributed by atoms with van der Waals surface area (Å²) in [4.78, 5) is 0. The van der Waals surface area contributed by atoms with Crippen LogP contribution in [0.4, 0.5) is 22.0 Å². The van der Waals surface area contributed by atoms with Gasteiger partial charge in [0.05, 0.1) is 0 Å². The number of rotatable bonds is 1. The van der Waals surface area contributed by atoms with Crippen LogP contribution in [0.3, 0.4) is 0 Å². The van der Waals surface area contributed by atoms with Crippen LogP contribution in [0.2, 0.25) is 0 Å². The zero-order valence-corrected chi connectivity index (χ0v) is 4.54. The van der Waals surface area contributed by atoms with Crippen LogP contribution in [0.5, 0.6) is 0 Å². The molecule has 0 N–H and O–H groups in total. The summed E-state index contributed by atoms with van der Waals surface area (Å²) in [7, 11) is 0. The van der Waals surface area contributed by atoms with Crippen molar-refractivity contribution in [3.05, 3.63) is 0 Å². The normalized spacial score (nSPS) is 17.6. The summed E-state index contributed by atoms with van der Waals surface area (Å²) >= 11 is 0. The largest absolute Gasteiger partial charge is 0.438 e. The quantitative estimate of drug-likeness (QED) is 0.534. The average Bonchev–Trinajstić information content (AvgIpc) is 1.84. The summed E-state index contributed by atoms with van der Waals surface area (Å²) < 4.78 is 56.9. The zero-order valence-electron chi connectivity index (χ0n) is 4.54. The van der Waals surface area contributed by atoms with Crippen LogP contribution in [-0.2, 0) is 0 Å². The van der Waals surface area contributed by atoms with Gasteiger partial charge in [-0.3, -0.25) is 0 Å². The predicted octanol–water partition coefficient (Wildman–Crippen LogP) is 1.75. The van der Waals surface area contributed by atoms with Crippen LogP contribution < -0.4 is 0 Å². The standard InChI is InChI=1S/C4H2F5N/c5-1-3(6,2-10)4(7,8)9/h1H2. The van der Waals surface area contributed by atoms with E-state index in [-0.39, 0.29) is 6.07 Å². The fourth-order valence-electron chi connectivity index (χ4n) is 0.169. The third-order valence-corrected chi connectivity index (χ3v) is 0.811. The Hall–Kier alpha value is -0.860. The van der Waals surface area contributed by atoms with Crippen molar-refractivity contribution in [1.82, 2.24) is 0 Å². The summed E-state index contributed by atoms with van der Waals surface area (Å²) in [5, 5.41) is 7.54. The molecule has 0 aliphatic carbocycles. The summed E-state index contributed by atoms with van der Waals surface area (Å²) in [6.45, 7) is -2.37. The minimum absolute atomic E-state index is 0.201. The van der Waals surface area contributed by atoms with Crippen molar-refractivity contribution in [3.8, 4) is 6.07 Å². The Morgan fingerprint density at radius 1 is 1.20 bits per heavy atom. The van der Waals surface area contributed by atoms with E-state index in [1.807, 2.05) is 0 Å². The molecule has 1 atom stereocenters. The Morgan fingerprint density at radius 2 is 1.60 bits per heavy atom. The molecular formula is C4H2F5N. The Kier molecular flexibility index (Phi) is 2.20. The van der Waals surface area contributed by atoms with E-state index in [9.17, 15) is 22.0 Å². The Morgan fingerprint density at radius 3 is 1.60 bits per heavy atom. The highest BCUT2D eigenvalue weighted by Crippen LogP contribution is 2.33. The molecule has 0 amide bonds. The average molecular weight is 159 g/mol. The third-order valence-electron chi connectivity index (χ3n) is 0.811. The zero-order chi connectivity index (χ0) is 8.41. The lowest BCUT2D eigenvalue weighted by atomic mass is 10.1. The minimum atomic E-state index is -5.45. The molecule has 0 aromatic rings. The Balaban J connectivity index is 4.54. The lowest BCUT2D eigenvalue weighted by Crippen LogP contribution is -2.41. The molecule has 0 aromatic heterocycles. The van der Waals surface area contributed by atoms with Crippen molar-refractivity contribution in [2.45, 2.75) is 11.8 Å². The third kappa shape index (κ3) is 1.35. The Labute approximate surface area is 53.1 Å². The van der Waals surface area contributed by atoms with E-state index in [0.717, 1.165) is 0 Å². The second-order valence-electron chi connectivity index (χ2n) is 1.54. The topological polar surface area (TPSA) is 23.8 Å². The minimum Gasteiger partial charge on any atom is -0.246 e. The number of nitrogens with zero attached hydrogens (tertiary/aromatic N) is 1. The van der Waals surface area contributed by atoms with Gasteiger partial charge in [-0.15, -0.1) is 0 Å². The summed E-state index contributed by atoms with van der Waals surface area (Å²) in [5.74, 6) is 0. The number of hydrogen-bond acceptors (Lipinski definition) is 1. The first kappa shape index (κ1) is 9.14. The number of halogens is 5. The van der Waals surface area contributed by atoms with Crippen molar-refractivity contribution >= 4 is 0 Å². The molecule has 0 spiro atoms. The van der Waals surface area contributed by atoms with Crippen molar-refractivity contribution < 1.29 is 22.0 Å². The molecule has 0 saturated carbocycles. The van der Waals surface area contributed by atoms with E-state index in [4.69, 9.17) is 5.26 Å². The molecule has 0 saturated heterocycles. The summed E-state index contributed by atoms with van der Waals surface area (Å²) in [5.41, 5.74) is -4.34. The second-order valence-corrected chi connectivity index (χ2v) is 1.54. The molecule has 0 bridgehead atoms. The van der Waals surface area contributed by atoms with Gasteiger partial charge in [-0.1, -0.05) is 0 Å². The van der Waals surface area contributed by atoms with Gasteiger partial charge in [-0.05, 0) is 0 Å². The first-order valence-electron chi connectivity index (χ1n) is 2.10. The second kappa shape index (κ2) is 2.40. The number of alkyl halides is 5. The molecule has 0 aliphatic heterocycles. The molecule has 0 aromatic carbocycles. The van der Waals surface area contributed by atoms with Gasteiger partial charge in [0, 0.05) is 0 Å². The molecule has 1 nitrogen and oxygen atoms in total. The number of nitriles is 1. The van der Waals surface area contributed by atoms with E-state index in [0.29, 0.717) is 0 Å². The van der Waals surface area contributed by atoms with Gasteiger partial charge in [0.15, 0.2) is 0 Å². The van der Waals surface area contributed by atoms with Crippen LogP contribution in [0.15, 0.2) is 0 Å². The van der Waals surface area contributed by atoms with E-state index < -0.39 is 18.5 Å². The fraction of sp³-hybridized carbons (Fsp3) is 0.750. The van der Waals surface area contributed by atoms with E-state index in [1.165, 1.54) is 0 Å². The van der Waals surface area contributed by atoms with Gasteiger partial charge >= 0.3 is 11.8 Å². The first-order valence-corrected chi connectivity index (χ1v) is 2.10. The SMILES string of the molecule is N#CC(F)(CF)C(F)(F)F. The van der Waals surface area contributed by atoms with Gasteiger partial charge in [0.1, 0.15) is 12.7 Å². The fourth-order valence-corrected chi connectivity index (χ4v) is 0.169. The monoisotopic (exact) mass is 159 g/mol. The summed E-state index contributed by atoms with van der Waals surface area (Å²) in [6.07, 6.45) is -5.45. The molecule has 0 radical (unpaired) electrons. The maximum atomic E-state index is 11.9. The van der Waals surface area contributed by atoms with Crippen molar-refractivity contribution in [1.29, 1.82) is 5.26 Å². The van der Waals surface area contributed by atoms with Gasteiger partial charge in [0.2, 0.25) is 0 Å². The molecule has 10 heavy (non-hydrogen) atoms. The highest BCUT2D eigenvalue weighted by atomic mass is 19.4. The smallest absolute Gasteiger partial charge is 0.246 e. The van der Waals surface area contributed by atoms with Gasteiger partial charge in [-0.25, -0.2) is 8.78 Å². The summed E-state index contributed by atoms with van der Waals surface area (Å²) in [6, 6.07) is 0.201. The molecule has 0 aliphatic rings. The maximum Gasteiger partial charge on any atom is 0.438 e. The van der Waals surface area contributed by atoms with E-state index in [2.05, 4.69) is 0 Å². The van der Waals surface area contributed by atoms with Crippen LogP contribution in [-0.4, -0.2) is 18.5 Å². The van der Waals surface area contributed by atoms with Crippen LogP contribution in [0, 0.1) is 11.3 Å². The highest BCUT2D eigenvalue weighted by molar-refractivity contribution is 5.06. The molecule has 0 fully saturated rings. The van der Waals surface area contributed by atoms with Crippen molar-refractivity contribution in [2.75, 3.05) is 6.67 Å². The van der Waals surface area contributed by atoms with Gasteiger partial charge in [0.25, 0.3) is 0 Å². The maximum absolute atomic E-state index is 11.9. The van der Waals surface area contributed by atoms with Crippen molar-refractivity contribution in [2.24, 2.45) is 0 Å². The van der Waals surface area contributed by atoms with Gasteiger partial charge < -0.3 is 0 Å². The first-order chi connectivity index (χ1) is 4.37.